The predicted octanol–water partition coefficient (Wildman–Crippen LogP) is 1.49. The minimum absolute atomic E-state index is 0.139. The van der Waals surface area contributed by atoms with Gasteiger partial charge in [-0.3, -0.25) is 0 Å². The van der Waals surface area contributed by atoms with E-state index in [0.717, 1.165) is 37.6 Å². The molecule has 4 rings (SSSR count). The zero-order chi connectivity index (χ0) is 21.3. The van der Waals surface area contributed by atoms with Crippen LogP contribution >= 0.6 is 11.6 Å². The molecule has 0 spiro atoms. The van der Waals surface area contributed by atoms with Crippen molar-refractivity contribution in [1.29, 1.82) is 0 Å². The lowest BCUT2D eigenvalue weighted by Gasteiger charge is -2.35. The minimum Gasteiger partial charge on any atom is -0.476 e. The van der Waals surface area contributed by atoms with E-state index in [0.29, 0.717) is 11.5 Å². The maximum atomic E-state index is 11.1. The second kappa shape index (κ2) is 8.13. The summed E-state index contributed by atoms with van der Waals surface area (Å²) in [5, 5.41) is 20.1. The number of likely N-dealkylation sites (N-methyl/N-ethyl adjacent to an activating group) is 1. The summed E-state index contributed by atoms with van der Waals surface area (Å²) in [6.07, 6.45) is 2.68. The van der Waals surface area contributed by atoms with Crippen LogP contribution < -0.4 is 16.0 Å². The summed E-state index contributed by atoms with van der Waals surface area (Å²) in [7, 11) is 2.09. The smallest absolute Gasteiger partial charge is 0.358 e. The van der Waals surface area contributed by atoms with E-state index >= 15 is 0 Å². The van der Waals surface area contributed by atoms with Crippen LogP contribution in [0.4, 0.5) is 22.9 Å². The number of halogens is 1. The number of hydrogen-bond donors (Lipinski definition) is 3. The minimum atomic E-state index is -1.14. The average Bonchev–Trinajstić information content (AvgIpc) is 3.23. The van der Waals surface area contributed by atoms with Gasteiger partial charge in [0.2, 0.25) is 0 Å². The van der Waals surface area contributed by atoms with Crippen LogP contribution in [-0.2, 0) is 0 Å². The predicted molar refractivity (Wildman–Crippen MR) is 113 cm³/mol. The Hall–Kier alpha value is -3.44. The number of rotatable bonds is 5. The molecular formula is C18H20ClN9O2. The number of carboxylic acids is 1. The highest BCUT2D eigenvalue weighted by molar-refractivity contribution is 6.32. The number of anilines is 4. The van der Waals surface area contributed by atoms with E-state index in [4.69, 9.17) is 22.4 Å². The Morgan fingerprint density at radius 2 is 2.00 bits per heavy atom. The van der Waals surface area contributed by atoms with Crippen LogP contribution in [0.1, 0.15) is 10.5 Å². The van der Waals surface area contributed by atoms with Crippen LogP contribution in [0.3, 0.4) is 0 Å². The van der Waals surface area contributed by atoms with Gasteiger partial charge in [-0.25, -0.2) is 19.4 Å². The molecule has 4 N–H and O–H groups in total. The molecule has 1 aliphatic heterocycles. The van der Waals surface area contributed by atoms with Crippen LogP contribution in [0.15, 0.2) is 30.7 Å². The van der Waals surface area contributed by atoms with E-state index in [1.807, 2.05) is 18.2 Å². The van der Waals surface area contributed by atoms with Crippen molar-refractivity contribution in [3.8, 4) is 5.69 Å². The molecule has 2 aromatic heterocycles. The fraction of sp³-hybridized carbons (Fsp3) is 0.278. The number of carboxylic acid groups (broad SMARTS) is 1. The van der Waals surface area contributed by atoms with Crippen molar-refractivity contribution in [3.63, 3.8) is 0 Å². The zero-order valence-corrected chi connectivity index (χ0v) is 16.9. The molecule has 0 aliphatic carbocycles. The molecule has 0 radical (unpaired) electrons. The maximum absolute atomic E-state index is 11.1. The number of nitrogens with zero attached hydrogens (tertiary/aromatic N) is 7. The van der Waals surface area contributed by atoms with Gasteiger partial charge in [-0.2, -0.15) is 0 Å². The average molecular weight is 430 g/mol. The molecule has 3 aromatic rings. The fourth-order valence-corrected chi connectivity index (χ4v) is 3.31. The van der Waals surface area contributed by atoms with Crippen LogP contribution in [-0.4, -0.2) is 74.2 Å². The Kier molecular flexibility index (Phi) is 5.38. The lowest BCUT2D eigenvalue weighted by atomic mass is 10.2. The van der Waals surface area contributed by atoms with Crippen molar-refractivity contribution in [1.82, 2.24) is 29.9 Å². The first-order chi connectivity index (χ1) is 14.4. The first-order valence-electron chi connectivity index (χ1n) is 9.19. The molecule has 30 heavy (non-hydrogen) atoms. The van der Waals surface area contributed by atoms with Gasteiger partial charge in [-0.15, -0.1) is 5.10 Å². The fourth-order valence-electron chi connectivity index (χ4n) is 3.18. The number of carbonyl (C=O) groups is 1. The van der Waals surface area contributed by atoms with Crippen LogP contribution in [0.2, 0.25) is 5.15 Å². The lowest BCUT2D eigenvalue weighted by molar-refractivity contribution is 0.0690. The summed E-state index contributed by atoms with van der Waals surface area (Å²) in [6, 6.07) is 5.64. The van der Waals surface area contributed by atoms with Gasteiger partial charge < -0.3 is 26.0 Å². The molecule has 1 saturated heterocycles. The molecule has 1 aliphatic rings. The molecule has 0 amide bonds. The standard InChI is InChI=1S/C18H20ClN9O2/c1-26-4-6-27(7-5-26)14-3-2-11(28-9-13(18(29)30)24-25-28)8-12(14)23-17-15(20)16(19)21-10-22-17/h2-3,8-10H,4-7,20H2,1H3,(H,29,30)(H,21,22,23). The van der Waals surface area contributed by atoms with Crippen LogP contribution in [0.5, 0.6) is 0 Å². The molecule has 3 heterocycles. The third-order valence-corrected chi connectivity index (χ3v) is 5.19. The highest BCUT2D eigenvalue weighted by Gasteiger charge is 2.19. The van der Waals surface area contributed by atoms with E-state index in [1.165, 1.54) is 17.2 Å². The number of nitrogens with one attached hydrogen (secondary N) is 1. The van der Waals surface area contributed by atoms with Crippen molar-refractivity contribution in [3.05, 3.63) is 41.6 Å². The highest BCUT2D eigenvalue weighted by Crippen LogP contribution is 2.34. The van der Waals surface area contributed by atoms with Gasteiger partial charge in [-0.1, -0.05) is 16.8 Å². The number of nitrogens with two attached hydrogens (primary N) is 1. The van der Waals surface area contributed by atoms with Gasteiger partial charge in [0.15, 0.2) is 16.7 Å². The number of hydrogen-bond acceptors (Lipinski definition) is 9. The Bertz CT molecular complexity index is 1080. The number of nitrogen functional groups attached to an aromatic ring is 1. The SMILES string of the molecule is CN1CCN(c2ccc(-n3cc(C(=O)O)nn3)cc2Nc2ncnc(Cl)c2N)CC1. The summed E-state index contributed by atoms with van der Waals surface area (Å²) in [6.45, 7) is 3.59. The first kappa shape index (κ1) is 19.9. The molecule has 0 bridgehead atoms. The molecule has 0 atom stereocenters. The Morgan fingerprint density at radius 1 is 1.23 bits per heavy atom. The molecule has 1 aromatic carbocycles. The Morgan fingerprint density at radius 3 is 2.70 bits per heavy atom. The second-order valence-electron chi connectivity index (χ2n) is 6.90. The summed E-state index contributed by atoms with van der Waals surface area (Å²) in [5.41, 5.74) is 8.45. The molecule has 156 valence electrons. The summed E-state index contributed by atoms with van der Waals surface area (Å²) < 4.78 is 1.40. The molecule has 0 saturated carbocycles. The molecule has 11 nitrogen and oxygen atoms in total. The van der Waals surface area contributed by atoms with Crippen molar-refractivity contribution < 1.29 is 9.90 Å². The monoisotopic (exact) mass is 429 g/mol. The van der Waals surface area contributed by atoms with Crippen LogP contribution in [0, 0.1) is 0 Å². The summed E-state index contributed by atoms with van der Waals surface area (Å²) in [4.78, 5) is 23.7. The highest BCUT2D eigenvalue weighted by atomic mass is 35.5. The zero-order valence-electron chi connectivity index (χ0n) is 16.2. The van der Waals surface area contributed by atoms with E-state index in [9.17, 15) is 4.79 Å². The molecule has 0 unspecified atom stereocenters. The summed E-state index contributed by atoms with van der Waals surface area (Å²) >= 11 is 6.03. The number of piperazine rings is 1. The molecule has 12 heteroatoms. The Balaban J connectivity index is 1.74. The third-order valence-electron chi connectivity index (χ3n) is 4.89. The van der Waals surface area contributed by atoms with Crippen molar-refractivity contribution in [2.75, 3.05) is 49.2 Å². The van der Waals surface area contributed by atoms with Gasteiger partial charge in [0.1, 0.15) is 12.0 Å². The largest absolute Gasteiger partial charge is 0.476 e. The number of benzene rings is 1. The number of aromatic nitrogens is 5. The number of aromatic carboxylic acids is 1. The van der Waals surface area contributed by atoms with Crippen molar-refractivity contribution >= 4 is 40.5 Å². The maximum Gasteiger partial charge on any atom is 0.358 e. The van der Waals surface area contributed by atoms with E-state index < -0.39 is 5.97 Å². The van der Waals surface area contributed by atoms with Gasteiger partial charge >= 0.3 is 5.97 Å². The molecule has 1 fully saturated rings. The second-order valence-corrected chi connectivity index (χ2v) is 7.26. The Labute approximate surface area is 177 Å². The quantitative estimate of drug-likeness (QED) is 0.511. The third kappa shape index (κ3) is 3.98. The molecular weight excluding hydrogens is 410 g/mol. The van der Waals surface area contributed by atoms with Crippen LogP contribution in [0.25, 0.3) is 5.69 Å². The lowest BCUT2D eigenvalue weighted by Crippen LogP contribution is -2.44. The van der Waals surface area contributed by atoms with Gasteiger partial charge in [-0.05, 0) is 25.2 Å². The topological polar surface area (TPSA) is 138 Å². The van der Waals surface area contributed by atoms with E-state index in [-0.39, 0.29) is 16.5 Å². The van der Waals surface area contributed by atoms with Crippen molar-refractivity contribution in [2.45, 2.75) is 0 Å². The van der Waals surface area contributed by atoms with Gasteiger partial charge in [0, 0.05) is 26.2 Å². The van der Waals surface area contributed by atoms with E-state index in [1.54, 1.807) is 0 Å². The summed E-state index contributed by atoms with van der Waals surface area (Å²) in [5.74, 6) is -0.760. The normalized spacial score (nSPS) is 14.7. The van der Waals surface area contributed by atoms with E-state index in [2.05, 4.69) is 42.4 Å². The first-order valence-corrected chi connectivity index (χ1v) is 9.56. The van der Waals surface area contributed by atoms with Gasteiger partial charge in [0.05, 0.1) is 23.3 Å². The van der Waals surface area contributed by atoms with Gasteiger partial charge in [0.25, 0.3) is 0 Å². The van der Waals surface area contributed by atoms with Crippen molar-refractivity contribution in [2.24, 2.45) is 0 Å².